The van der Waals surface area contributed by atoms with E-state index in [9.17, 15) is 34.8 Å². The summed E-state index contributed by atoms with van der Waals surface area (Å²) < 4.78 is 25.4. The van der Waals surface area contributed by atoms with Gasteiger partial charge in [0.15, 0.2) is 11.3 Å². The van der Waals surface area contributed by atoms with Gasteiger partial charge in [-0.3, -0.25) is 14.9 Å². The molecule has 0 bridgehead atoms. The van der Waals surface area contributed by atoms with Gasteiger partial charge in [-0.05, 0) is 51.0 Å². The number of amides is 1. The molecule has 202 valence electrons. The highest BCUT2D eigenvalue weighted by molar-refractivity contribution is 6.03. The molecule has 3 rings (SSSR count). The summed E-state index contributed by atoms with van der Waals surface area (Å²) in [5.41, 5.74) is -1.65. The number of benzene rings is 2. The number of nitro benzene ring substituents is 1. The number of likely N-dealkylation sites (N-methyl/N-ethyl adjacent to an activating group) is 1. The second-order valence-electron chi connectivity index (χ2n) is 9.11. The van der Waals surface area contributed by atoms with E-state index in [1.54, 1.807) is 12.1 Å². The molecule has 0 atom stereocenters. The third kappa shape index (κ3) is 6.49. The Labute approximate surface area is 219 Å². The van der Waals surface area contributed by atoms with E-state index in [0.717, 1.165) is 50.1 Å². The molecule has 0 aromatic heterocycles. The first-order chi connectivity index (χ1) is 18.0. The number of phenolic OH excluding ortho intramolecular Hbond substituents is 1. The predicted octanol–water partition coefficient (Wildman–Crippen LogP) is 3.62. The zero-order valence-corrected chi connectivity index (χ0v) is 21.3. The van der Waals surface area contributed by atoms with E-state index in [2.05, 4.69) is 11.9 Å². The van der Waals surface area contributed by atoms with Crippen molar-refractivity contribution in [3.8, 4) is 23.3 Å². The Hall–Kier alpha value is -4.37. The molecule has 2 aromatic rings. The number of halogens is 1. The van der Waals surface area contributed by atoms with E-state index in [1.807, 2.05) is 0 Å². The number of hydrogen-bond donors (Lipinski definition) is 2. The van der Waals surface area contributed by atoms with E-state index in [4.69, 9.17) is 9.47 Å². The molecule has 1 heterocycles. The second-order valence-corrected chi connectivity index (χ2v) is 9.11. The monoisotopic (exact) mass is 528 g/mol. The molecule has 0 saturated carbocycles. The molecule has 2 N–H and O–H groups in total. The lowest BCUT2D eigenvalue weighted by Crippen LogP contribution is -2.32. The summed E-state index contributed by atoms with van der Waals surface area (Å²) in [5.74, 6) is -2.74. The number of aliphatic hydroxyl groups is 1. The highest BCUT2D eigenvalue weighted by Gasteiger charge is 2.26. The van der Waals surface area contributed by atoms with Crippen molar-refractivity contribution in [2.75, 3.05) is 40.9 Å². The molecule has 0 spiro atoms. The Morgan fingerprint density at radius 2 is 2.00 bits per heavy atom. The van der Waals surface area contributed by atoms with Crippen molar-refractivity contribution in [1.29, 1.82) is 5.26 Å². The van der Waals surface area contributed by atoms with Gasteiger partial charge >= 0.3 is 5.69 Å². The quantitative estimate of drug-likeness (QED) is 0.164. The van der Waals surface area contributed by atoms with E-state index in [1.165, 1.54) is 19.2 Å². The molecule has 2 aromatic carbocycles. The van der Waals surface area contributed by atoms with Crippen molar-refractivity contribution < 1.29 is 33.8 Å². The summed E-state index contributed by atoms with van der Waals surface area (Å²) in [5, 5.41) is 41.3. The number of carbonyl (C=O) groups excluding carboxylic acids is 1. The van der Waals surface area contributed by atoms with Crippen molar-refractivity contribution in [1.82, 2.24) is 9.80 Å². The van der Waals surface area contributed by atoms with Crippen LogP contribution in [-0.2, 0) is 11.3 Å². The molecular weight excluding hydrogens is 499 g/mol. The van der Waals surface area contributed by atoms with E-state index in [-0.39, 0.29) is 23.4 Å². The molecule has 12 heteroatoms. The maximum Gasteiger partial charge on any atom is 0.315 e. The van der Waals surface area contributed by atoms with Gasteiger partial charge in [-0.2, -0.15) is 5.26 Å². The maximum absolute atomic E-state index is 14.8. The third-order valence-electron chi connectivity index (χ3n) is 6.41. The fourth-order valence-corrected chi connectivity index (χ4v) is 4.08. The number of aliphatic hydroxyl groups excluding tert-OH is 1. The van der Waals surface area contributed by atoms with Crippen LogP contribution in [0.5, 0.6) is 17.2 Å². The number of ether oxygens (including phenoxy) is 2. The number of nitrogens with zero attached hydrogens (tertiary/aromatic N) is 4. The summed E-state index contributed by atoms with van der Waals surface area (Å²) in [7, 11) is 4.53. The molecule has 0 radical (unpaired) electrons. The molecule has 1 fully saturated rings. The van der Waals surface area contributed by atoms with Crippen LogP contribution in [0.3, 0.4) is 0 Å². The minimum atomic E-state index is -0.943. The number of aromatic hydroxyl groups is 1. The number of methoxy groups -OCH3 is 1. The lowest BCUT2D eigenvalue weighted by molar-refractivity contribution is -0.386. The molecule has 0 aliphatic carbocycles. The first kappa shape index (κ1) is 28.2. The Morgan fingerprint density at radius 1 is 1.32 bits per heavy atom. The fraction of sp³-hybridized carbons (Fsp3) is 0.385. The Kier molecular flexibility index (Phi) is 9.09. The Bertz CT molecular complexity index is 1280. The molecule has 11 nitrogen and oxygen atoms in total. The average molecular weight is 529 g/mol. The highest BCUT2D eigenvalue weighted by Crippen LogP contribution is 2.39. The number of nitro groups is 1. The van der Waals surface area contributed by atoms with Crippen molar-refractivity contribution in [3.63, 3.8) is 0 Å². The molecule has 0 unspecified atom stereocenters. The average Bonchev–Trinajstić information content (AvgIpc) is 2.89. The van der Waals surface area contributed by atoms with Gasteiger partial charge in [-0.25, -0.2) is 4.39 Å². The summed E-state index contributed by atoms with van der Waals surface area (Å²) in [6, 6.07) is 7.77. The summed E-state index contributed by atoms with van der Waals surface area (Å²) in [6.45, 7) is 2.25. The summed E-state index contributed by atoms with van der Waals surface area (Å²) >= 11 is 0. The Morgan fingerprint density at radius 3 is 2.58 bits per heavy atom. The van der Waals surface area contributed by atoms with Crippen molar-refractivity contribution >= 4 is 17.4 Å². The zero-order chi connectivity index (χ0) is 28.0. The highest BCUT2D eigenvalue weighted by atomic mass is 19.1. The minimum absolute atomic E-state index is 0.159. The maximum atomic E-state index is 14.8. The van der Waals surface area contributed by atoms with Crippen LogP contribution in [0, 0.1) is 33.2 Å². The molecular formula is C26H29FN4O7. The number of carbonyl (C=O) groups is 1. The van der Waals surface area contributed by atoms with E-state index < -0.39 is 39.4 Å². The van der Waals surface area contributed by atoms with Crippen LogP contribution in [-0.4, -0.2) is 71.7 Å². The first-order valence-electron chi connectivity index (χ1n) is 11.8. The van der Waals surface area contributed by atoms with Gasteiger partial charge in [0.2, 0.25) is 5.75 Å². The molecule has 38 heavy (non-hydrogen) atoms. The van der Waals surface area contributed by atoms with Gasteiger partial charge in [0.05, 0.1) is 18.6 Å². The van der Waals surface area contributed by atoms with Gasteiger partial charge in [0.1, 0.15) is 23.4 Å². The molecule has 1 amide bonds. The predicted molar refractivity (Wildman–Crippen MR) is 135 cm³/mol. The van der Waals surface area contributed by atoms with Crippen LogP contribution < -0.4 is 9.47 Å². The summed E-state index contributed by atoms with van der Waals surface area (Å²) in [4.78, 5) is 26.6. The van der Waals surface area contributed by atoms with Crippen LogP contribution in [0.1, 0.15) is 24.0 Å². The Balaban J connectivity index is 1.75. The van der Waals surface area contributed by atoms with Gasteiger partial charge < -0.3 is 29.5 Å². The van der Waals surface area contributed by atoms with Gasteiger partial charge in [0.25, 0.3) is 5.91 Å². The summed E-state index contributed by atoms with van der Waals surface area (Å²) in [6.07, 6.45) is 2.02. The number of hydrogen-bond acceptors (Lipinski definition) is 9. The van der Waals surface area contributed by atoms with Crippen molar-refractivity contribution in [2.45, 2.75) is 19.4 Å². The molecule has 1 aliphatic heterocycles. The second kappa shape index (κ2) is 12.2. The van der Waals surface area contributed by atoms with E-state index >= 15 is 0 Å². The van der Waals surface area contributed by atoms with Crippen LogP contribution in [0.2, 0.25) is 0 Å². The SMILES string of the molecule is COc1cc(/C(O)=C(\C#N)C(=O)N(C)Cc2ccc(OCC3CCN(C)CC3)cc2F)cc([N+](=O)[O-])c1O. The molecule has 1 saturated heterocycles. The lowest BCUT2D eigenvalue weighted by atomic mass is 9.98. The fourth-order valence-electron chi connectivity index (χ4n) is 4.08. The number of rotatable bonds is 9. The van der Waals surface area contributed by atoms with Gasteiger partial charge in [-0.1, -0.05) is 6.07 Å². The van der Waals surface area contributed by atoms with Crippen molar-refractivity contribution in [3.05, 3.63) is 63.0 Å². The van der Waals surface area contributed by atoms with Crippen LogP contribution in [0.15, 0.2) is 35.9 Å². The van der Waals surface area contributed by atoms with Crippen LogP contribution in [0.4, 0.5) is 10.1 Å². The van der Waals surface area contributed by atoms with Gasteiger partial charge in [-0.15, -0.1) is 0 Å². The number of phenols is 1. The normalized spacial score (nSPS) is 14.8. The van der Waals surface area contributed by atoms with Crippen LogP contribution >= 0.6 is 0 Å². The van der Waals surface area contributed by atoms with Gasteiger partial charge in [0, 0.05) is 36.9 Å². The first-order valence-corrected chi connectivity index (χ1v) is 11.8. The molecule has 1 aliphatic rings. The van der Waals surface area contributed by atoms with Crippen molar-refractivity contribution in [2.24, 2.45) is 5.92 Å². The third-order valence-corrected chi connectivity index (χ3v) is 6.41. The van der Waals surface area contributed by atoms with Crippen LogP contribution in [0.25, 0.3) is 5.76 Å². The minimum Gasteiger partial charge on any atom is -0.506 e. The number of likely N-dealkylation sites (tertiary alicyclic amines) is 1. The smallest absolute Gasteiger partial charge is 0.315 e. The topological polar surface area (TPSA) is 149 Å². The zero-order valence-electron chi connectivity index (χ0n) is 21.3. The van der Waals surface area contributed by atoms with E-state index in [0.29, 0.717) is 18.3 Å². The lowest BCUT2D eigenvalue weighted by Gasteiger charge is -2.28. The number of piperidine rings is 1. The number of nitriles is 1. The standard InChI is InChI=1S/C26H29FN4O7/c1-29-8-6-16(7-9-29)15-38-19-5-4-17(21(27)12-19)14-30(2)26(34)20(13-28)24(32)18-10-22(31(35)36)25(33)23(11-18)37-3/h4-5,10-12,16,32-33H,6-9,14-15H2,1-3H3/b24-20-. The largest absolute Gasteiger partial charge is 0.506 e.